The van der Waals surface area contributed by atoms with Gasteiger partial charge in [0.25, 0.3) is 0 Å². The molecule has 3 heterocycles. The summed E-state index contributed by atoms with van der Waals surface area (Å²) in [5.41, 5.74) is 2.15. The minimum Gasteiger partial charge on any atom is -0.419 e. The fourth-order valence-electron chi connectivity index (χ4n) is 3.47. The van der Waals surface area contributed by atoms with E-state index in [1.165, 1.54) is 12.8 Å². The molecule has 1 atom stereocenters. The molecule has 7 nitrogen and oxygen atoms in total. The summed E-state index contributed by atoms with van der Waals surface area (Å²) in [5, 5.41) is 12.7. The largest absolute Gasteiger partial charge is 0.419 e. The topological polar surface area (TPSA) is 72.9 Å². The van der Waals surface area contributed by atoms with Gasteiger partial charge in [-0.1, -0.05) is 18.2 Å². The molecule has 0 spiro atoms. The Hall–Kier alpha value is -2.54. The molecule has 3 aromatic rings. The Balaban J connectivity index is 1.39. The predicted octanol–water partition coefficient (Wildman–Crippen LogP) is 2.55. The van der Waals surface area contributed by atoms with Crippen molar-refractivity contribution in [1.82, 2.24) is 29.9 Å². The van der Waals surface area contributed by atoms with Crippen molar-refractivity contribution in [3.63, 3.8) is 0 Å². The second kappa shape index (κ2) is 7.14. The lowest BCUT2D eigenvalue weighted by molar-refractivity contribution is 0.142. The molecule has 0 bridgehead atoms. The van der Waals surface area contributed by atoms with Crippen LogP contribution in [0.1, 0.15) is 24.3 Å². The lowest BCUT2D eigenvalue weighted by atomic mass is 9.98. The Morgan fingerprint density at radius 2 is 2.16 bits per heavy atom. The molecule has 1 aromatic carbocycles. The summed E-state index contributed by atoms with van der Waals surface area (Å²) in [4.78, 5) is 6.41. The van der Waals surface area contributed by atoms with Crippen molar-refractivity contribution >= 4 is 0 Å². The number of aromatic nitrogens is 5. The molecule has 0 aliphatic carbocycles. The highest BCUT2D eigenvalue weighted by Gasteiger charge is 2.22. The van der Waals surface area contributed by atoms with Crippen LogP contribution in [0, 0.1) is 12.8 Å². The van der Waals surface area contributed by atoms with Crippen molar-refractivity contribution in [2.24, 2.45) is 5.92 Å². The van der Waals surface area contributed by atoms with E-state index in [1.807, 2.05) is 22.9 Å². The van der Waals surface area contributed by atoms with Crippen LogP contribution < -0.4 is 0 Å². The SMILES string of the molecule is Cc1ccccc1-c1nnc(CN2CCCC(Cn3cncn3)C2)o1. The lowest BCUT2D eigenvalue weighted by Gasteiger charge is -2.31. The smallest absolute Gasteiger partial charge is 0.248 e. The number of benzene rings is 1. The molecular formula is C18H22N6O. The van der Waals surface area contributed by atoms with Crippen molar-refractivity contribution < 1.29 is 4.42 Å². The predicted molar refractivity (Wildman–Crippen MR) is 92.5 cm³/mol. The van der Waals surface area contributed by atoms with Gasteiger partial charge in [0, 0.05) is 18.7 Å². The van der Waals surface area contributed by atoms with Crippen LogP contribution in [0.15, 0.2) is 41.3 Å². The van der Waals surface area contributed by atoms with Gasteiger partial charge in [0.2, 0.25) is 11.8 Å². The molecule has 1 fully saturated rings. The van der Waals surface area contributed by atoms with Crippen LogP contribution in [0.3, 0.4) is 0 Å². The molecule has 4 rings (SSSR count). The standard InChI is InChI=1S/C18H22N6O/c1-14-5-2-3-7-16(14)18-22-21-17(25-18)11-23-8-4-6-15(9-23)10-24-13-19-12-20-24/h2-3,5,7,12-13,15H,4,6,8-11H2,1H3. The molecule has 1 unspecified atom stereocenters. The van der Waals surface area contributed by atoms with Crippen LogP contribution in [0.5, 0.6) is 0 Å². The van der Waals surface area contributed by atoms with E-state index in [-0.39, 0.29) is 0 Å². The number of likely N-dealkylation sites (tertiary alicyclic amines) is 1. The van der Waals surface area contributed by atoms with E-state index in [0.717, 1.165) is 30.8 Å². The Labute approximate surface area is 146 Å². The monoisotopic (exact) mass is 338 g/mol. The Morgan fingerprint density at radius 3 is 3.00 bits per heavy atom. The number of piperidine rings is 1. The second-order valence-electron chi connectivity index (χ2n) is 6.68. The van der Waals surface area contributed by atoms with Crippen LogP contribution in [-0.2, 0) is 13.1 Å². The molecule has 7 heteroatoms. The summed E-state index contributed by atoms with van der Waals surface area (Å²) in [6.45, 7) is 5.75. The van der Waals surface area contributed by atoms with Gasteiger partial charge >= 0.3 is 0 Å². The number of rotatable bonds is 5. The van der Waals surface area contributed by atoms with Crippen molar-refractivity contribution in [2.45, 2.75) is 32.9 Å². The molecule has 0 amide bonds. The third-order valence-corrected chi connectivity index (χ3v) is 4.72. The molecule has 1 aliphatic rings. The Morgan fingerprint density at radius 1 is 1.24 bits per heavy atom. The van der Waals surface area contributed by atoms with E-state index in [9.17, 15) is 0 Å². The Kier molecular flexibility index (Phi) is 4.56. The maximum atomic E-state index is 5.90. The fraction of sp³-hybridized carbons (Fsp3) is 0.444. The van der Waals surface area contributed by atoms with Gasteiger partial charge in [0.15, 0.2) is 0 Å². The molecule has 0 radical (unpaired) electrons. The minimum absolute atomic E-state index is 0.578. The molecule has 130 valence electrons. The number of hydrogen-bond acceptors (Lipinski definition) is 6. The van der Waals surface area contributed by atoms with Crippen molar-refractivity contribution in [3.8, 4) is 11.5 Å². The summed E-state index contributed by atoms with van der Waals surface area (Å²) in [7, 11) is 0. The third-order valence-electron chi connectivity index (χ3n) is 4.72. The van der Waals surface area contributed by atoms with Crippen LogP contribution in [0.2, 0.25) is 0 Å². The summed E-state index contributed by atoms with van der Waals surface area (Å²) in [6.07, 6.45) is 5.77. The zero-order valence-corrected chi connectivity index (χ0v) is 14.4. The van der Waals surface area contributed by atoms with E-state index in [2.05, 4.69) is 38.2 Å². The van der Waals surface area contributed by atoms with Gasteiger partial charge in [0.1, 0.15) is 12.7 Å². The van der Waals surface area contributed by atoms with Crippen molar-refractivity contribution in [1.29, 1.82) is 0 Å². The van der Waals surface area contributed by atoms with E-state index >= 15 is 0 Å². The molecule has 0 N–H and O–H groups in total. The minimum atomic E-state index is 0.578. The van der Waals surface area contributed by atoms with Gasteiger partial charge in [0.05, 0.1) is 6.54 Å². The van der Waals surface area contributed by atoms with Gasteiger partial charge < -0.3 is 4.42 Å². The van der Waals surface area contributed by atoms with Crippen molar-refractivity contribution in [3.05, 3.63) is 48.4 Å². The van der Waals surface area contributed by atoms with E-state index in [0.29, 0.717) is 24.2 Å². The molecule has 1 aliphatic heterocycles. The van der Waals surface area contributed by atoms with Gasteiger partial charge in [-0.3, -0.25) is 9.58 Å². The molecular weight excluding hydrogens is 316 g/mol. The number of nitrogens with zero attached hydrogens (tertiary/aromatic N) is 6. The van der Waals surface area contributed by atoms with E-state index in [4.69, 9.17) is 4.42 Å². The molecule has 25 heavy (non-hydrogen) atoms. The fourth-order valence-corrected chi connectivity index (χ4v) is 3.47. The van der Waals surface area contributed by atoms with Gasteiger partial charge in [-0.25, -0.2) is 4.98 Å². The van der Waals surface area contributed by atoms with Crippen LogP contribution in [0.4, 0.5) is 0 Å². The first kappa shape index (κ1) is 16.0. The highest BCUT2D eigenvalue weighted by atomic mass is 16.4. The first-order chi connectivity index (χ1) is 12.3. The van der Waals surface area contributed by atoms with Gasteiger partial charge in [-0.05, 0) is 43.9 Å². The zero-order valence-electron chi connectivity index (χ0n) is 14.4. The average Bonchev–Trinajstić information content (AvgIpc) is 3.28. The maximum absolute atomic E-state index is 5.90. The van der Waals surface area contributed by atoms with E-state index in [1.54, 1.807) is 12.7 Å². The van der Waals surface area contributed by atoms with Gasteiger partial charge in [-0.15, -0.1) is 10.2 Å². The van der Waals surface area contributed by atoms with Crippen LogP contribution in [0.25, 0.3) is 11.5 Å². The van der Waals surface area contributed by atoms with E-state index < -0.39 is 0 Å². The summed E-state index contributed by atoms with van der Waals surface area (Å²) < 4.78 is 7.82. The maximum Gasteiger partial charge on any atom is 0.248 e. The zero-order chi connectivity index (χ0) is 17.1. The summed E-state index contributed by atoms with van der Waals surface area (Å²) in [5.74, 6) is 1.86. The molecule has 2 aromatic heterocycles. The van der Waals surface area contributed by atoms with Gasteiger partial charge in [-0.2, -0.15) is 5.10 Å². The Bertz CT molecular complexity index is 813. The molecule has 0 saturated carbocycles. The number of hydrogen-bond donors (Lipinski definition) is 0. The third kappa shape index (κ3) is 3.76. The second-order valence-corrected chi connectivity index (χ2v) is 6.68. The summed E-state index contributed by atoms with van der Waals surface area (Å²) in [6, 6.07) is 8.07. The quantitative estimate of drug-likeness (QED) is 0.712. The normalized spacial score (nSPS) is 18.5. The average molecular weight is 338 g/mol. The first-order valence-electron chi connectivity index (χ1n) is 8.71. The highest BCUT2D eigenvalue weighted by Crippen LogP contribution is 2.23. The van der Waals surface area contributed by atoms with Crippen LogP contribution >= 0.6 is 0 Å². The highest BCUT2D eigenvalue weighted by molar-refractivity contribution is 5.57. The molecule has 1 saturated heterocycles. The number of aryl methyl sites for hydroxylation is 1. The lowest BCUT2D eigenvalue weighted by Crippen LogP contribution is -2.36. The first-order valence-corrected chi connectivity index (χ1v) is 8.71. The summed E-state index contributed by atoms with van der Waals surface area (Å²) >= 11 is 0. The van der Waals surface area contributed by atoms with Crippen LogP contribution in [-0.4, -0.2) is 43.0 Å². The van der Waals surface area contributed by atoms with Crippen molar-refractivity contribution in [2.75, 3.05) is 13.1 Å².